The number of thioether (sulfide) groups is 1. The zero-order chi connectivity index (χ0) is 17.3. The van der Waals surface area contributed by atoms with Crippen LogP contribution in [0.25, 0.3) is 0 Å². The molecule has 1 aromatic rings. The van der Waals surface area contributed by atoms with Crippen LogP contribution in [-0.2, 0) is 16.1 Å². The van der Waals surface area contributed by atoms with E-state index < -0.39 is 24.4 Å². The molecular formula is C17H24N2O4S. The van der Waals surface area contributed by atoms with Crippen LogP contribution < -0.4 is 0 Å². The first-order valence-electron chi connectivity index (χ1n) is 8.06. The van der Waals surface area contributed by atoms with Crippen LogP contribution in [0.15, 0.2) is 35.3 Å². The largest absolute Gasteiger partial charge is 0.388 e. The normalized spacial score (nSPS) is 33.7. The number of hydrogen-bond acceptors (Lipinski definition) is 7. The molecule has 3 rings (SSSR count). The molecule has 1 saturated heterocycles. The number of aliphatic imine (C=N–C) groups is 1. The van der Waals surface area contributed by atoms with E-state index in [4.69, 9.17) is 9.47 Å². The number of fused-ring (bicyclic) bond motifs is 1. The minimum atomic E-state index is -1.03. The van der Waals surface area contributed by atoms with Crippen molar-refractivity contribution in [3.63, 3.8) is 0 Å². The monoisotopic (exact) mass is 352 g/mol. The first-order chi connectivity index (χ1) is 11.5. The first kappa shape index (κ1) is 17.7. The van der Waals surface area contributed by atoms with E-state index in [9.17, 15) is 10.2 Å². The number of hydrogen-bond donors (Lipinski definition) is 2. The third kappa shape index (κ3) is 3.60. The molecule has 0 spiro atoms. The summed E-state index contributed by atoms with van der Waals surface area (Å²) in [6, 6.07) is 9.40. The Kier molecular flexibility index (Phi) is 5.46. The number of nitrogens with zero attached hydrogens (tertiary/aromatic N) is 2. The predicted molar refractivity (Wildman–Crippen MR) is 93.9 cm³/mol. The van der Waals surface area contributed by atoms with Crippen molar-refractivity contribution in [1.82, 2.24) is 4.90 Å². The Hall–Kier alpha value is -1.12. The summed E-state index contributed by atoms with van der Waals surface area (Å²) in [5, 5.41) is 21.7. The summed E-state index contributed by atoms with van der Waals surface area (Å²) in [5.41, 5.74) is 0.759. The van der Waals surface area contributed by atoms with Gasteiger partial charge in [-0.3, -0.25) is 4.99 Å². The molecule has 1 unspecified atom stereocenters. The average molecular weight is 352 g/mol. The molecular weight excluding hydrogens is 328 g/mol. The highest BCUT2D eigenvalue weighted by Gasteiger charge is 2.50. The highest BCUT2D eigenvalue weighted by atomic mass is 32.2. The molecule has 0 aromatic heterocycles. The maximum atomic E-state index is 10.4. The summed E-state index contributed by atoms with van der Waals surface area (Å²) in [5.74, 6) is 0. The van der Waals surface area contributed by atoms with Gasteiger partial charge < -0.3 is 24.6 Å². The molecule has 7 heteroatoms. The summed E-state index contributed by atoms with van der Waals surface area (Å²) in [6.45, 7) is 2.29. The van der Waals surface area contributed by atoms with Crippen LogP contribution in [0.4, 0.5) is 0 Å². The fourth-order valence-corrected chi connectivity index (χ4v) is 4.02. The van der Waals surface area contributed by atoms with Crippen molar-refractivity contribution in [2.24, 2.45) is 4.99 Å². The van der Waals surface area contributed by atoms with Gasteiger partial charge >= 0.3 is 0 Å². The van der Waals surface area contributed by atoms with E-state index in [1.54, 1.807) is 0 Å². The number of amidine groups is 1. The lowest BCUT2D eigenvalue weighted by molar-refractivity contribution is -0.193. The van der Waals surface area contributed by atoms with Gasteiger partial charge in [-0.15, -0.1) is 0 Å². The molecule has 24 heavy (non-hydrogen) atoms. The zero-order valence-corrected chi connectivity index (χ0v) is 14.9. The number of benzene rings is 1. The summed E-state index contributed by atoms with van der Waals surface area (Å²) in [6.07, 6.45) is -2.92. The second kappa shape index (κ2) is 7.41. The van der Waals surface area contributed by atoms with E-state index in [1.165, 1.54) is 11.8 Å². The maximum Gasteiger partial charge on any atom is 0.161 e. The average Bonchev–Trinajstić information content (AvgIpc) is 3.01. The number of rotatable bonds is 4. The lowest BCUT2D eigenvalue weighted by Gasteiger charge is -2.40. The van der Waals surface area contributed by atoms with Gasteiger partial charge in [0.05, 0.1) is 12.7 Å². The van der Waals surface area contributed by atoms with Crippen LogP contribution in [0, 0.1) is 0 Å². The van der Waals surface area contributed by atoms with Gasteiger partial charge in [-0.25, -0.2) is 0 Å². The van der Waals surface area contributed by atoms with Gasteiger partial charge in [0, 0.05) is 14.1 Å². The van der Waals surface area contributed by atoms with Crippen LogP contribution >= 0.6 is 11.8 Å². The second-order valence-electron chi connectivity index (χ2n) is 6.37. The molecule has 2 aliphatic heterocycles. The number of aliphatic hydroxyl groups excluding tert-OH is 2. The Balaban J connectivity index is 1.63. The van der Waals surface area contributed by atoms with Crippen molar-refractivity contribution >= 4 is 16.9 Å². The molecule has 2 aliphatic rings. The van der Waals surface area contributed by atoms with Crippen molar-refractivity contribution in [1.29, 1.82) is 0 Å². The Morgan fingerprint density at radius 1 is 1.25 bits per heavy atom. The Bertz CT molecular complexity index is 583. The van der Waals surface area contributed by atoms with Gasteiger partial charge in [-0.1, -0.05) is 42.1 Å². The molecule has 2 heterocycles. The molecule has 132 valence electrons. The fraction of sp³-hybridized carbons (Fsp3) is 0.588. The lowest BCUT2D eigenvalue weighted by atomic mass is 9.95. The molecule has 6 nitrogen and oxygen atoms in total. The summed E-state index contributed by atoms with van der Waals surface area (Å²) < 4.78 is 11.9. The maximum absolute atomic E-state index is 10.4. The zero-order valence-electron chi connectivity index (χ0n) is 14.1. The van der Waals surface area contributed by atoms with Crippen LogP contribution in [0.5, 0.6) is 0 Å². The first-order valence-corrected chi connectivity index (χ1v) is 8.94. The highest BCUT2D eigenvalue weighted by molar-refractivity contribution is 8.14. The van der Waals surface area contributed by atoms with Crippen molar-refractivity contribution in [2.75, 3.05) is 14.1 Å². The summed E-state index contributed by atoms with van der Waals surface area (Å²) in [7, 11) is 3.80. The molecule has 0 bridgehead atoms. The Labute approximate surface area is 146 Å². The standard InChI is InChI=1S/C17H24N2O4S/c1-10(22-9-11-7-5-4-6-8-11)15-14(21)13(20)12-16(23-15)24-17(18-12)19(2)3/h4-8,10,12-16,20-21H,9H2,1-3H3/t10?,12-,13-,14+,15-,16-/m1/s1. The minimum absolute atomic E-state index is 0.298. The van der Waals surface area contributed by atoms with Crippen molar-refractivity contribution in [3.8, 4) is 0 Å². The molecule has 0 aliphatic carbocycles. The van der Waals surface area contributed by atoms with E-state index in [0.717, 1.165) is 10.7 Å². The summed E-state index contributed by atoms with van der Waals surface area (Å²) in [4.78, 5) is 6.34. The minimum Gasteiger partial charge on any atom is -0.388 e. The van der Waals surface area contributed by atoms with Crippen molar-refractivity contribution in [2.45, 2.75) is 49.4 Å². The summed E-state index contributed by atoms with van der Waals surface area (Å²) >= 11 is 1.47. The topological polar surface area (TPSA) is 74.5 Å². The Morgan fingerprint density at radius 2 is 1.96 bits per heavy atom. The van der Waals surface area contributed by atoms with Gasteiger partial charge in [-0.05, 0) is 12.5 Å². The van der Waals surface area contributed by atoms with Gasteiger partial charge in [0.15, 0.2) is 5.17 Å². The van der Waals surface area contributed by atoms with Crippen LogP contribution in [-0.4, -0.2) is 70.3 Å². The lowest BCUT2D eigenvalue weighted by Crippen LogP contribution is -2.58. The fourth-order valence-electron chi connectivity index (χ4n) is 2.88. The molecule has 0 amide bonds. The smallest absolute Gasteiger partial charge is 0.161 e. The molecule has 6 atom stereocenters. The van der Waals surface area contributed by atoms with Gasteiger partial charge in [-0.2, -0.15) is 0 Å². The quantitative estimate of drug-likeness (QED) is 0.844. The van der Waals surface area contributed by atoms with Crippen LogP contribution in [0.2, 0.25) is 0 Å². The van der Waals surface area contributed by atoms with Crippen molar-refractivity contribution in [3.05, 3.63) is 35.9 Å². The van der Waals surface area contributed by atoms with E-state index in [0.29, 0.717) is 6.61 Å². The molecule has 1 aromatic carbocycles. The van der Waals surface area contributed by atoms with E-state index in [2.05, 4.69) is 4.99 Å². The predicted octanol–water partition coefficient (Wildman–Crippen LogP) is 1.07. The highest BCUT2D eigenvalue weighted by Crippen LogP contribution is 2.38. The van der Waals surface area contributed by atoms with E-state index in [-0.39, 0.29) is 11.5 Å². The third-order valence-corrected chi connectivity index (χ3v) is 5.59. The van der Waals surface area contributed by atoms with Gasteiger partial charge in [0.25, 0.3) is 0 Å². The molecule has 1 fully saturated rings. The number of ether oxygens (including phenoxy) is 2. The Morgan fingerprint density at radius 3 is 2.62 bits per heavy atom. The SMILES string of the molecule is CC(OCc1ccccc1)[C@H]1O[C@@H]2SC(N(C)C)=N[C@@H]2[C@@H](O)[C@@H]1O. The van der Waals surface area contributed by atoms with Crippen LogP contribution in [0.1, 0.15) is 12.5 Å². The van der Waals surface area contributed by atoms with Crippen molar-refractivity contribution < 1.29 is 19.7 Å². The second-order valence-corrected chi connectivity index (χ2v) is 7.43. The molecule has 2 N–H and O–H groups in total. The van der Waals surface area contributed by atoms with Gasteiger partial charge in [0.1, 0.15) is 29.8 Å². The van der Waals surface area contributed by atoms with E-state index >= 15 is 0 Å². The number of aliphatic hydroxyl groups is 2. The van der Waals surface area contributed by atoms with Gasteiger partial charge in [0.2, 0.25) is 0 Å². The van der Waals surface area contributed by atoms with Crippen LogP contribution in [0.3, 0.4) is 0 Å². The molecule has 0 radical (unpaired) electrons. The third-order valence-electron chi connectivity index (χ3n) is 4.29. The molecule has 0 saturated carbocycles. The van der Waals surface area contributed by atoms with E-state index in [1.807, 2.05) is 56.3 Å².